The second-order valence-electron chi connectivity index (χ2n) is 7.67. The maximum absolute atomic E-state index is 14.1. The number of rotatable bonds is 9. The van der Waals surface area contributed by atoms with E-state index in [9.17, 15) is 17.1 Å². The second-order valence-corrected chi connectivity index (χ2v) is 8.16. The summed E-state index contributed by atoms with van der Waals surface area (Å²) in [7, 11) is 1.84. The molecule has 9 heteroatoms. The van der Waals surface area contributed by atoms with E-state index < -0.39 is 17.5 Å². The number of ether oxygens (including phenoxy) is 1. The summed E-state index contributed by atoms with van der Waals surface area (Å²) in [5, 5.41) is 7.23. The molecule has 3 rings (SSSR count). The molecule has 0 spiro atoms. The minimum Gasteiger partial charge on any atom is -0.377 e. The zero-order chi connectivity index (χ0) is 21.7. The molecule has 2 atom stereocenters. The Morgan fingerprint density at radius 2 is 1.87 bits per heavy atom. The Bertz CT molecular complexity index is 827. The molecule has 4 nitrogen and oxygen atoms in total. The first-order chi connectivity index (χ1) is 14.5. The zero-order valence-corrected chi connectivity index (χ0v) is 17.9. The highest BCUT2D eigenvalue weighted by Gasteiger charge is 2.30. The first-order valence-corrected chi connectivity index (χ1v) is 10.9. The molecule has 1 aliphatic carbocycles. The van der Waals surface area contributed by atoms with Gasteiger partial charge >= 0.3 is 0 Å². The van der Waals surface area contributed by atoms with Gasteiger partial charge in [0, 0.05) is 17.5 Å². The molecule has 1 fully saturated rings. The van der Waals surface area contributed by atoms with Crippen molar-refractivity contribution in [1.29, 1.82) is 0 Å². The van der Waals surface area contributed by atoms with Crippen LogP contribution >= 0.6 is 12.3 Å². The van der Waals surface area contributed by atoms with E-state index in [1.54, 1.807) is 12.3 Å². The molecule has 0 amide bonds. The highest BCUT2D eigenvalue weighted by Crippen LogP contribution is 2.37. The molecule has 1 heterocycles. The normalized spacial score (nSPS) is 21.5. The summed E-state index contributed by atoms with van der Waals surface area (Å²) in [6.45, 7) is 2.46. The fourth-order valence-electron chi connectivity index (χ4n) is 4.40. The Balaban J connectivity index is 1.57. The summed E-state index contributed by atoms with van der Waals surface area (Å²) in [5.41, 5.74) is 0.637. The van der Waals surface area contributed by atoms with E-state index >= 15 is 0 Å². The number of hydrogen-bond acceptors (Lipinski definition) is 4. The average Bonchev–Trinajstić information content (AvgIpc) is 3.23. The van der Waals surface area contributed by atoms with Crippen molar-refractivity contribution in [3.05, 3.63) is 53.1 Å². The van der Waals surface area contributed by atoms with Gasteiger partial charge in [-0.15, -0.1) is 3.89 Å². The van der Waals surface area contributed by atoms with Crippen molar-refractivity contribution in [2.45, 2.75) is 63.0 Å². The predicted molar refractivity (Wildman–Crippen MR) is 109 cm³/mol. The molecule has 0 radical (unpaired) electrons. The minimum absolute atomic E-state index is 0.0209. The molecule has 1 aliphatic rings. The van der Waals surface area contributed by atoms with Crippen LogP contribution in [0.4, 0.5) is 17.1 Å². The molecule has 0 bridgehead atoms. The number of hydrogen-bond donors (Lipinski definition) is 1. The van der Waals surface area contributed by atoms with E-state index in [0.717, 1.165) is 24.2 Å². The van der Waals surface area contributed by atoms with Gasteiger partial charge in [0.05, 0.1) is 24.6 Å². The number of nitrogens with zero attached hydrogens (tertiary/aromatic N) is 2. The van der Waals surface area contributed by atoms with Gasteiger partial charge in [-0.25, -0.2) is 13.2 Å². The predicted octanol–water partition coefficient (Wildman–Crippen LogP) is 5.51. The molecule has 0 aliphatic heterocycles. The topological polar surface area (TPSA) is 39.1 Å². The van der Waals surface area contributed by atoms with Crippen LogP contribution in [0.3, 0.4) is 0 Å². The van der Waals surface area contributed by atoms with Crippen molar-refractivity contribution in [2.24, 2.45) is 0 Å². The maximum atomic E-state index is 14.1. The molecule has 1 saturated carbocycles. The van der Waals surface area contributed by atoms with Gasteiger partial charge in [-0.05, 0) is 63.3 Å². The maximum Gasteiger partial charge on any atom is 0.187 e. The van der Waals surface area contributed by atoms with Crippen LogP contribution in [0.25, 0.3) is 0 Å². The molecule has 1 aromatic heterocycles. The van der Waals surface area contributed by atoms with Gasteiger partial charge in [0.15, 0.2) is 24.0 Å². The summed E-state index contributed by atoms with van der Waals surface area (Å²) in [5.74, 6) is -3.12. The standard InChI is InChI=1S/C21H27F4N3OS/c1-3-15(19-10-11-27-28(19)30-25)18(26-2)12-29-14-6-4-13(5-7-14)20-16(22)8-9-17(23)21(20)24/h8-11,13-15,18,26H,3-7,12H2,1-2H3. The smallest absolute Gasteiger partial charge is 0.187 e. The van der Waals surface area contributed by atoms with Gasteiger partial charge < -0.3 is 10.1 Å². The number of halogens is 4. The van der Waals surface area contributed by atoms with E-state index in [1.165, 1.54) is 4.09 Å². The summed E-state index contributed by atoms with van der Waals surface area (Å²) in [6.07, 6.45) is 4.69. The molecular weight excluding hydrogens is 418 g/mol. The van der Waals surface area contributed by atoms with Crippen molar-refractivity contribution in [3.8, 4) is 0 Å². The Labute approximate surface area is 178 Å². The Kier molecular flexibility index (Phi) is 8.19. The van der Waals surface area contributed by atoms with Crippen LogP contribution in [0.1, 0.15) is 62.1 Å². The fraction of sp³-hybridized carbons (Fsp3) is 0.571. The van der Waals surface area contributed by atoms with E-state index in [0.29, 0.717) is 32.3 Å². The number of aromatic nitrogens is 2. The lowest BCUT2D eigenvalue weighted by atomic mass is 9.82. The quantitative estimate of drug-likeness (QED) is 0.408. The van der Waals surface area contributed by atoms with E-state index in [2.05, 4.69) is 10.4 Å². The minimum atomic E-state index is -1.08. The van der Waals surface area contributed by atoms with Crippen LogP contribution in [-0.2, 0) is 4.74 Å². The summed E-state index contributed by atoms with van der Waals surface area (Å²) >= 11 is 0.0702. The monoisotopic (exact) mass is 445 g/mol. The lowest BCUT2D eigenvalue weighted by Gasteiger charge is -2.32. The molecule has 1 N–H and O–H groups in total. The molecular formula is C21H27F4N3OS. The molecule has 1 aromatic carbocycles. The Morgan fingerprint density at radius 1 is 1.17 bits per heavy atom. The fourth-order valence-corrected chi connectivity index (χ4v) is 4.77. The lowest BCUT2D eigenvalue weighted by Crippen LogP contribution is -2.38. The van der Waals surface area contributed by atoms with Gasteiger partial charge in [-0.1, -0.05) is 6.92 Å². The van der Waals surface area contributed by atoms with Crippen LogP contribution in [0.15, 0.2) is 24.4 Å². The van der Waals surface area contributed by atoms with Crippen molar-refractivity contribution in [2.75, 3.05) is 13.7 Å². The Morgan fingerprint density at radius 3 is 2.50 bits per heavy atom. The third-order valence-corrected chi connectivity index (χ3v) is 6.49. The van der Waals surface area contributed by atoms with E-state index in [1.807, 2.05) is 14.0 Å². The summed E-state index contributed by atoms with van der Waals surface area (Å²) in [6, 6.07) is 3.57. The largest absolute Gasteiger partial charge is 0.377 e. The van der Waals surface area contributed by atoms with Crippen molar-refractivity contribution in [1.82, 2.24) is 14.5 Å². The zero-order valence-electron chi connectivity index (χ0n) is 17.1. The molecule has 2 aromatic rings. The first kappa shape index (κ1) is 23.1. The molecule has 166 valence electrons. The molecule has 2 unspecified atom stereocenters. The van der Waals surface area contributed by atoms with E-state index in [-0.39, 0.29) is 41.9 Å². The van der Waals surface area contributed by atoms with E-state index in [4.69, 9.17) is 4.74 Å². The molecule has 30 heavy (non-hydrogen) atoms. The van der Waals surface area contributed by atoms with Crippen LogP contribution < -0.4 is 5.32 Å². The number of likely N-dealkylation sites (N-methyl/N-ethyl adjacent to an activating group) is 1. The highest BCUT2D eigenvalue weighted by molar-refractivity contribution is 7.92. The SMILES string of the molecule is CCC(c1ccnn1SF)C(COC1CCC(c2c(F)ccc(F)c2F)CC1)NC. The number of nitrogens with one attached hydrogen (secondary N) is 1. The van der Waals surface area contributed by atoms with Gasteiger partial charge in [-0.2, -0.15) is 9.19 Å². The highest BCUT2D eigenvalue weighted by atomic mass is 32.2. The van der Waals surface area contributed by atoms with Gasteiger partial charge in [0.2, 0.25) is 0 Å². The number of benzene rings is 1. The van der Waals surface area contributed by atoms with Gasteiger partial charge in [-0.3, -0.25) is 0 Å². The van der Waals surface area contributed by atoms with Crippen molar-refractivity contribution in [3.63, 3.8) is 0 Å². The first-order valence-electron chi connectivity index (χ1n) is 10.2. The average molecular weight is 446 g/mol. The second kappa shape index (κ2) is 10.6. The Hall–Kier alpha value is -1.58. The third-order valence-electron chi connectivity index (χ3n) is 6.05. The molecule has 0 saturated heterocycles. The van der Waals surface area contributed by atoms with Crippen LogP contribution in [0.5, 0.6) is 0 Å². The van der Waals surface area contributed by atoms with Crippen molar-refractivity contribution < 1.29 is 21.8 Å². The lowest BCUT2D eigenvalue weighted by molar-refractivity contribution is 0.00893. The van der Waals surface area contributed by atoms with Gasteiger partial charge in [0.25, 0.3) is 0 Å². The van der Waals surface area contributed by atoms with Crippen molar-refractivity contribution >= 4 is 12.3 Å². The van der Waals surface area contributed by atoms with Crippen LogP contribution in [-0.4, -0.2) is 35.0 Å². The summed E-state index contributed by atoms with van der Waals surface area (Å²) < 4.78 is 62.1. The van der Waals surface area contributed by atoms with Gasteiger partial charge in [0.1, 0.15) is 5.82 Å². The third kappa shape index (κ3) is 5.00. The van der Waals surface area contributed by atoms with Crippen LogP contribution in [0.2, 0.25) is 0 Å². The van der Waals surface area contributed by atoms with Crippen LogP contribution in [0, 0.1) is 17.5 Å². The summed E-state index contributed by atoms with van der Waals surface area (Å²) in [4.78, 5) is 0.